The first-order valence-corrected chi connectivity index (χ1v) is 8.84. The second-order valence-corrected chi connectivity index (χ2v) is 6.32. The molecule has 0 aliphatic rings. The maximum absolute atomic E-state index is 11.5. The Hall–Kier alpha value is -3.39. The van der Waals surface area contributed by atoms with Gasteiger partial charge in [-0.05, 0) is 38.1 Å². The zero-order chi connectivity index (χ0) is 20.5. The number of anilines is 4. The van der Waals surface area contributed by atoms with E-state index in [9.17, 15) is 4.79 Å². The van der Waals surface area contributed by atoms with Crippen molar-refractivity contribution in [2.24, 2.45) is 10.7 Å². The fourth-order valence-corrected chi connectivity index (χ4v) is 2.13. The van der Waals surface area contributed by atoms with Crippen LogP contribution in [-0.4, -0.2) is 28.1 Å². The molecule has 0 aliphatic heterocycles. The zero-order valence-corrected chi connectivity index (χ0v) is 16.4. The molecule has 0 radical (unpaired) electrons. The highest BCUT2D eigenvalue weighted by Gasteiger charge is 2.08. The average molecular weight is 400 g/mol. The Morgan fingerprint density at radius 3 is 2.75 bits per heavy atom. The predicted octanol–water partition coefficient (Wildman–Crippen LogP) is 3.69. The zero-order valence-electron chi connectivity index (χ0n) is 15.6. The topological polar surface area (TPSA) is 117 Å². The van der Waals surface area contributed by atoms with E-state index >= 15 is 0 Å². The molecule has 8 nitrogen and oxygen atoms in total. The number of nitrogens with two attached hydrogens (primary N) is 1. The van der Waals surface area contributed by atoms with E-state index in [1.165, 1.54) is 18.5 Å². The van der Waals surface area contributed by atoms with Gasteiger partial charge in [-0.2, -0.15) is 4.98 Å². The molecule has 1 aromatic carbocycles. The Labute approximate surface area is 168 Å². The maximum atomic E-state index is 11.5. The number of amides is 1. The first-order chi connectivity index (χ1) is 13.4. The molecule has 1 aromatic heterocycles. The van der Waals surface area contributed by atoms with Crippen molar-refractivity contribution in [2.45, 2.75) is 19.9 Å². The lowest BCUT2D eigenvalue weighted by Gasteiger charge is -2.11. The van der Waals surface area contributed by atoms with Gasteiger partial charge in [0.15, 0.2) is 5.82 Å². The van der Waals surface area contributed by atoms with Gasteiger partial charge in [0.25, 0.3) is 0 Å². The molecule has 146 valence electrons. The van der Waals surface area contributed by atoms with E-state index < -0.39 is 0 Å². The summed E-state index contributed by atoms with van der Waals surface area (Å²) >= 11 is 6.20. The minimum absolute atomic E-state index is 0.133. The van der Waals surface area contributed by atoms with Crippen molar-refractivity contribution in [3.05, 3.63) is 60.0 Å². The number of nitrogens with zero attached hydrogens (tertiary/aromatic N) is 3. The van der Waals surface area contributed by atoms with Crippen LogP contribution in [0.3, 0.4) is 0 Å². The second kappa shape index (κ2) is 10.1. The van der Waals surface area contributed by atoms with E-state index in [4.69, 9.17) is 17.3 Å². The van der Waals surface area contributed by atoms with Crippen LogP contribution < -0.4 is 21.7 Å². The van der Waals surface area contributed by atoms with Crippen LogP contribution in [0, 0.1) is 0 Å². The number of allylic oxidation sites excluding steroid dienone is 1. The molecule has 0 saturated carbocycles. The molecule has 0 atom stereocenters. The van der Waals surface area contributed by atoms with Gasteiger partial charge in [0.2, 0.25) is 11.9 Å². The lowest BCUT2D eigenvalue weighted by atomic mass is 10.2. The van der Waals surface area contributed by atoms with Crippen LogP contribution >= 0.6 is 11.6 Å². The minimum atomic E-state index is -0.298. The van der Waals surface area contributed by atoms with Crippen LogP contribution in [0.4, 0.5) is 23.1 Å². The van der Waals surface area contributed by atoms with Gasteiger partial charge < -0.3 is 21.7 Å². The predicted molar refractivity (Wildman–Crippen MR) is 115 cm³/mol. The lowest BCUT2D eigenvalue weighted by molar-refractivity contribution is -0.111. The highest BCUT2D eigenvalue weighted by molar-refractivity contribution is 6.32. The van der Waals surface area contributed by atoms with Crippen molar-refractivity contribution < 1.29 is 4.79 Å². The molecule has 0 unspecified atom stereocenters. The number of hydrogen-bond acceptors (Lipinski definition) is 7. The fraction of sp³-hybridized carbons (Fsp3) is 0.158. The van der Waals surface area contributed by atoms with E-state index in [0.717, 1.165) is 0 Å². The van der Waals surface area contributed by atoms with Gasteiger partial charge in [-0.25, -0.2) is 4.98 Å². The van der Waals surface area contributed by atoms with Crippen LogP contribution in [0.5, 0.6) is 0 Å². The number of aromatic nitrogens is 2. The van der Waals surface area contributed by atoms with Crippen LogP contribution in [-0.2, 0) is 4.79 Å². The van der Waals surface area contributed by atoms with E-state index in [1.54, 1.807) is 24.4 Å². The van der Waals surface area contributed by atoms with Crippen molar-refractivity contribution in [3.63, 3.8) is 0 Å². The highest BCUT2D eigenvalue weighted by atomic mass is 35.5. The molecule has 1 amide bonds. The van der Waals surface area contributed by atoms with Crippen molar-refractivity contribution >= 4 is 46.9 Å². The van der Waals surface area contributed by atoms with Gasteiger partial charge in [0, 0.05) is 29.8 Å². The quantitative estimate of drug-likeness (QED) is 0.397. The van der Waals surface area contributed by atoms with E-state index in [0.29, 0.717) is 33.9 Å². The SMILES string of the molecule is C=CC(=O)Nc1cccc(Nc2nc(NC(C=NC(C)C)=CN)ncc2Cl)c1. The number of rotatable bonds is 8. The van der Waals surface area contributed by atoms with Crippen molar-refractivity contribution in [3.8, 4) is 0 Å². The third-order valence-corrected chi connectivity index (χ3v) is 3.55. The standard InChI is InChI=1S/C19H22ClN7O/c1-4-17(28)24-13-6-5-7-14(8-13)25-18-16(20)11-23-19(27-18)26-15(9-21)10-22-12(2)3/h4-12H,1,21H2,2-3H3,(H,24,28)(H2,23,25,26,27). The van der Waals surface area contributed by atoms with Gasteiger partial charge >= 0.3 is 0 Å². The second-order valence-electron chi connectivity index (χ2n) is 5.91. The molecule has 0 spiro atoms. The van der Waals surface area contributed by atoms with Crippen LogP contribution in [0.1, 0.15) is 13.8 Å². The molecule has 2 aromatic rings. The van der Waals surface area contributed by atoms with E-state index in [1.807, 2.05) is 19.9 Å². The maximum Gasteiger partial charge on any atom is 0.247 e. The van der Waals surface area contributed by atoms with Gasteiger partial charge in [-0.3, -0.25) is 9.79 Å². The van der Waals surface area contributed by atoms with Gasteiger partial charge in [0.05, 0.1) is 11.9 Å². The van der Waals surface area contributed by atoms with E-state index in [-0.39, 0.29) is 11.9 Å². The normalized spacial score (nSPS) is 11.5. The van der Waals surface area contributed by atoms with Crippen molar-refractivity contribution in [1.29, 1.82) is 0 Å². The smallest absolute Gasteiger partial charge is 0.247 e. The Balaban J connectivity index is 2.18. The first-order valence-electron chi connectivity index (χ1n) is 8.46. The molecule has 9 heteroatoms. The largest absolute Gasteiger partial charge is 0.403 e. The Morgan fingerprint density at radius 2 is 2.07 bits per heavy atom. The van der Waals surface area contributed by atoms with Crippen LogP contribution in [0.2, 0.25) is 5.02 Å². The number of nitrogens with one attached hydrogen (secondary N) is 3. The monoisotopic (exact) mass is 399 g/mol. The summed E-state index contributed by atoms with van der Waals surface area (Å²) in [4.78, 5) is 24.2. The number of carbonyl (C=O) groups is 1. The summed E-state index contributed by atoms with van der Waals surface area (Å²) in [6, 6.07) is 7.23. The molecule has 5 N–H and O–H groups in total. The molecule has 28 heavy (non-hydrogen) atoms. The number of hydrogen-bond donors (Lipinski definition) is 4. The molecule has 1 heterocycles. The summed E-state index contributed by atoms with van der Waals surface area (Å²) < 4.78 is 0. The first kappa shape index (κ1) is 20.9. The number of halogens is 1. The molecule has 0 aliphatic carbocycles. The van der Waals surface area contributed by atoms with Gasteiger partial charge in [0.1, 0.15) is 5.02 Å². The van der Waals surface area contributed by atoms with Crippen LogP contribution in [0.25, 0.3) is 0 Å². The molecule has 2 rings (SSSR count). The Morgan fingerprint density at radius 1 is 1.32 bits per heavy atom. The molecule has 0 saturated heterocycles. The average Bonchev–Trinajstić information content (AvgIpc) is 2.67. The Bertz CT molecular complexity index is 909. The summed E-state index contributed by atoms with van der Waals surface area (Å²) in [5.74, 6) is 0.395. The molecule has 0 bridgehead atoms. The minimum Gasteiger partial charge on any atom is -0.403 e. The summed E-state index contributed by atoms with van der Waals surface area (Å²) in [5.41, 5.74) is 7.46. The number of benzene rings is 1. The van der Waals surface area contributed by atoms with Gasteiger partial charge in [-0.1, -0.05) is 24.2 Å². The third-order valence-electron chi connectivity index (χ3n) is 3.27. The Kier molecular flexibility index (Phi) is 7.53. The summed E-state index contributed by atoms with van der Waals surface area (Å²) in [6.45, 7) is 7.34. The van der Waals surface area contributed by atoms with Crippen LogP contribution in [0.15, 0.2) is 60.0 Å². The molecular weight excluding hydrogens is 378 g/mol. The third kappa shape index (κ3) is 6.40. The summed E-state index contributed by atoms with van der Waals surface area (Å²) in [6.07, 6.45) is 5.66. The van der Waals surface area contributed by atoms with Gasteiger partial charge in [-0.15, -0.1) is 0 Å². The highest BCUT2D eigenvalue weighted by Crippen LogP contribution is 2.25. The summed E-state index contributed by atoms with van der Waals surface area (Å²) in [5, 5.41) is 9.10. The lowest BCUT2D eigenvalue weighted by Crippen LogP contribution is -2.09. The number of aliphatic imine (C=N–C) groups is 1. The van der Waals surface area contributed by atoms with Crippen molar-refractivity contribution in [2.75, 3.05) is 16.0 Å². The summed E-state index contributed by atoms with van der Waals surface area (Å²) in [7, 11) is 0. The fourth-order valence-electron chi connectivity index (χ4n) is 2.00. The molecular formula is C19H22ClN7O. The number of carbonyl (C=O) groups excluding carboxylic acids is 1. The van der Waals surface area contributed by atoms with E-state index in [2.05, 4.69) is 37.5 Å². The molecule has 0 fully saturated rings. The van der Waals surface area contributed by atoms with Crippen molar-refractivity contribution in [1.82, 2.24) is 9.97 Å².